The standard InChI is InChI=1S/C6H2Br2N4S/c7-1-3-4(10-9-3)2(8)6-5(1)11-13-12-6/h9-10H. The van der Waals surface area contributed by atoms with Crippen LogP contribution in [0.1, 0.15) is 0 Å². The first-order chi connectivity index (χ1) is 6.29. The highest BCUT2D eigenvalue weighted by molar-refractivity contribution is 9.11. The molecule has 0 amide bonds. The minimum absolute atomic E-state index is 0.893. The second kappa shape index (κ2) is 2.55. The zero-order valence-corrected chi connectivity index (χ0v) is 10.0. The molecule has 13 heavy (non-hydrogen) atoms. The molecule has 1 aromatic carbocycles. The molecule has 0 bridgehead atoms. The van der Waals surface area contributed by atoms with Gasteiger partial charge in [-0.15, -0.1) is 0 Å². The van der Waals surface area contributed by atoms with Gasteiger partial charge in [0.1, 0.15) is 11.0 Å². The first kappa shape index (κ1) is 7.95. The summed E-state index contributed by atoms with van der Waals surface area (Å²) in [6.07, 6.45) is 0. The molecule has 66 valence electrons. The van der Waals surface area contributed by atoms with Gasteiger partial charge in [-0.2, -0.15) is 8.75 Å². The van der Waals surface area contributed by atoms with Gasteiger partial charge in [0.25, 0.3) is 0 Å². The van der Waals surface area contributed by atoms with E-state index in [1.165, 1.54) is 11.7 Å². The lowest BCUT2D eigenvalue weighted by Gasteiger charge is -2.07. The molecule has 0 aliphatic rings. The lowest BCUT2D eigenvalue weighted by atomic mass is 10.2. The Kier molecular flexibility index (Phi) is 1.56. The molecular weight excluding hydrogens is 320 g/mol. The van der Waals surface area contributed by atoms with Crippen molar-refractivity contribution in [2.45, 2.75) is 0 Å². The fourth-order valence-electron chi connectivity index (χ4n) is 1.23. The van der Waals surface area contributed by atoms with Crippen LogP contribution < -0.4 is 0 Å². The molecule has 4 nitrogen and oxygen atoms in total. The van der Waals surface area contributed by atoms with Crippen molar-refractivity contribution in [2.24, 2.45) is 0 Å². The van der Waals surface area contributed by atoms with Crippen LogP contribution in [0.4, 0.5) is 0 Å². The molecular formula is C6H2Br2N4S. The van der Waals surface area contributed by atoms with Crippen LogP contribution >= 0.6 is 43.6 Å². The molecule has 0 aliphatic carbocycles. The second-order valence-electron chi connectivity index (χ2n) is 2.59. The van der Waals surface area contributed by atoms with Gasteiger partial charge in [-0.25, -0.2) is 0 Å². The van der Waals surface area contributed by atoms with Crippen LogP contribution in [0, 0.1) is 0 Å². The number of aromatic nitrogens is 4. The summed E-state index contributed by atoms with van der Waals surface area (Å²) < 4.78 is 10.3. The first-order valence-corrected chi connectivity index (χ1v) is 5.76. The molecule has 0 fully saturated rings. The highest BCUT2D eigenvalue weighted by atomic mass is 79.9. The lowest BCUT2D eigenvalue weighted by Crippen LogP contribution is -1.94. The molecule has 3 rings (SSSR count). The Morgan fingerprint density at radius 2 is 1.38 bits per heavy atom. The molecule has 3 aromatic rings. The third kappa shape index (κ3) is 0.893. The van der Waals surface area contributed by atoms with E-state index in [1.807, 2.05) is 0 Å². The summed E-state index contributed by atoms with van der Waals surface area (Å²) in [5.74, 6) is 0. The van der Waals surface area contributed by atoms with E-state index in [4.69, 9.17) is 0 Å². The van der Waals surface area contributed by atoms with E-state index >= 15 is 0 Å². The van der Waals surface area contributed by atoms with Gasteiger partial charge in [0, 0.05) is 0 Å². The predicted octanol–water partition coefficient (Wildman–Crippen LogP) is 3.03. The van der Waals surface area contributed by atoms with Crippen molar-refractivity contribution in [3.63, 3.8) is 0 Å². The number of hydrogen-bond donors (Lipinski definition) is 2. The molecule has 0 spiro atoms. The van der Waals surface area contributed by atoms with E-state index in [2.05, 4.69) is 50.8 Å². The number of benzene rings is 1. The van der Waals surface area contributed by atoms with E-state index in [-0.39, 0.29) is 0 Å². The van der Waals surface area contributed by atoms with E-state index < -0.39 is 0 Å². The number of rotatable bonds is 0. The Morgan fingerprint density at radius 3 is 1.77 bits per heavy atom. The molecule has 2 N–H and O–H groups in total. The minimum Gasteiger partial charge on any atom is -0.297 e. The number of aromatic amines is 2. The van der Waals surface area contributed by atoms with Gasteiger partial charge in [0.05, 0.1) is 31.7 Å². The molecule has 0 atom stereocenters. The highest BCUT2D eigenvalue weighted by Gasteiger charge is 2.16. The lowest BCUT2D eigenvalue weighted by molar-refractivity contribution is 1.06. The average molecular weight is 322 g/mol. The van der Waals surface area contributed by atoms with E-state index in [0.29, 0.717) is 0 Å². The average Bonchev–Trinajstić information content (AvgIpc) is 2.47. The normalized spacial score (nSPS) is 11.8. The largest absolute Gasteiger partial charge is 0.297 e. The van der Waals surface area contributed by atoms with Gasteiger partial charge < -0.3 is 0 Å². The maximum Gasteiger partial charge on any atom is 0.122 e. The Labute approximate surface area is 93.3 Å². The van der Waals surface area contributed by atoms with Crippen molar-refractivity contribution in [1.29, 1.82) is 0 Å². The summed E-state index contributed by atoms with van der Waals surface area (Å²) in [6, 6.07) is 0. The van der Waals surface area contributed by atoms with Gasteiger partial charge in [-0.05, 0) is 31.9 Å². The number of H-pyrrole nitrogens is 2. The zero-order valence-electron chi connectivity index (χ0n) is 6.06. The van der Waals surface area contributed by atoms with Crippen LogP contribution in [-0.2, 0) is 0 Å². The van der Waals surface area contributed by atoms with Gasteiger partial charge in [0.2, 0.25) is 0 Å². The Morgan fingerprint density at radius 1 is 0.923 bits per heavy atom. The van der Waals surface area contributed by atoms with Crippen LogP contribution in [-0.4, -0.2) is 18.9 Å². The fourth-order valence-corrected chi connectivity index (χ4v) is 3.17. The maximum absolute atomic E-state index is 4.20. The van der Waals surface area contributed by atoms with Crippen LogP contribution in [0.25, 0.3) is 22.1 Å². The summed E-state index contributed by atoms with van der Waals surface area (Å²) in [5.41, 5.74) is 3.86. The Hall–Kier alpha value is -0.400. The SMILES string of the molecule is Brc1c2nsnc2c(Br)c2[nH][nH]c12. The first-order valence-electron chi connectivity index (χ1n) is 3.44. The van der Waals surface area contributed by atoms with Gasteiger partial charge in [0.15, 0.2) is 0 Å². The van der Waals surface area contributed by atoms with Crippen molar-refractivity contribution in [3.8, 4) is 0 Å². The summed E-state index contributed by atoms with van der Waals surface area (Å²) in [4.78, 5) is 0. The van der Waals surface area contributed by atoms with Crippen molar-refractivity contribution < 1.29 is 0 Å². The van der Waals surface area contributed by atoms with E-state index in [0.717, 1.165) is 31.0 Å². The van der Waals surface area contributed by atoms with Gasteiger partial charge in [-0.3, -0.25) is 10.2 Å². The van der Waals surface area contributed by atoms with Crippen LogP contribution in [0.15, 0.2) is 8.95 Å². The molecule has 0 unspecified atom stereocenters. The molecule has 0 saturated carbocycles. The maximum atomic E-state index is 4.20. The van der Waals surface area contributed by atoms with Gasteiger partial charge in [-0.1, -0.05) is 0 Å². The molecule has 2 aromatic heterocycles. The Bertz CT molecular complexity index is 542. The number of nitrogens with one attached hydrogen (secondary N) is 2. The van der Waals surface area contributed by atoms with Crippen LogP contribution in [0.3, 0.4) is 0 Å². The molecule has 0 saturated heterocycles. The van der Waals surface area contributed by atoms with Gasteiger partial charge >= 0.3 is 0 Å². The monoisotopic (exact) mass is 320 g/mol. The number of fused-ring (bicyclic) bond motifs is 2. The summed E-state index contributed by atoms with van der Waals surface area (Å²) in [6.45, 7) is 0. The zero-order chi connectivity index (χ0) is 9.00. The smallest absolute Gasteiger partial charge is 0.122 e. The van der Waals surface area contributed by atoms with Crippen LogP contribution in [0.2, 0.25) is 0 Å². The summed E-state index contributed by atoms with van der Waals surface area (Å²) in [5, 5.41) is 5.98. The molecule has 2 heterocycles. The third-order valence-corrected chi connectivity index (χ3v) is 3.98. The quantitative estimate of drug-likeness (QED) is 0.668. The van der Waals surface area contributed by atoms with Crippen molar-refractivity contribution in [1.82, 2.24) is 18.9 Å². The summed E-state index contributed by atoms with van der Waals surface area (Å²) >= 11 is 8.16. The van der Waals surface area contributed by atoms with E-state index in [1.54, 1.807) is 0 Å². The highest BCUT2D eigenvalue weighted by Crippen LogP contribution is 2.36. The molecule has 0 radical (unpaired) electrons. The minimum atomic E-state index is 0.893. The van der Waals surface area contributed by atoms with E-state index in [9.17, 15) is 0 Å². The molecule has 7 heteroatoms. The van der Waals surface area contributed by atoms with Crippen molar-refractivity contribution >= 4 is 65.7 Å². The number of halogens is 2. The van der Waals surface area contributed by atoms with Crippen molar-refractivity contribution in [3.05, 3.63) is 8.95 Å². The number of nitrogens with zero attached hydrogens (tertiary/aromatic N) is 2. The predicted molar refractivity (Wildman–Crippen MR) is 59.0 cm³/mol. The number of hydrogen-bond acceptors (Lipinski definition) is 3. The third-order valence-electron chi connectivity index (χ3n) is 1.91. The fraction of sp³-hybridized carbons (Fsp3) is 0. The second-order valence-corrected chi connectivity index (χ2v) is 4.70. The molecule has 0 aliphatic heterocycles. The Balaban J connectivity index is 2.68. The summed E-state index contributed by atoms with van der Waals surface area (Å²) in [7, 11) is 0. The van der Waals surface area contributed by atoms with Crippen molar-refractivity contribution in [2.75, 3.05) is 0 Å². The topological polar surface area (TPSA) is 57.4 Å². The van der Waals surface area contributed by atoms with Crippen LogP contribution in [0.5, 0.6) is 0 Å².